The van der Waals surface area contributed by atoms with Gasteiger partial charge in [-0.3, -0.25) is 4.79 Å². The predicted octanol–water partition coefficient (Wildman–Crippen LogP) is 3.34. The van der Waals surface area contributed by atoms with E-state index in [4.69, 9.17) is 9.47 Å². The lowest BCUT2D eigenvalue weighted by Gasteiger charge is -2.32. The molecule has 25 heavy (non-hydrogen) atoms. The van der Waals surface area contributed by atoms with Gasteiger partial charge in [0.05, 0.1) is 13.7 Å². The number of amides is 1. The summed E-state index contributed by atoms with van der Waals surface area (Å²) in [5.41, 5.74) is 0.671. The summed E-state index contributed by atoms with van der Waals surface area (Å²) >= 11 is 0. The third-order valence-electron chi connectivity index (χ3n) is 4.75. The average molecular weight is 348 g/mol. The number of carbonyl (C=O) groups is 1. The molecule has 0 unspecified atom stereocenters. The number of unbranched alkanes of at least 4 members (excludes halogenated alkanes) is 1. The van der Waals surface area contributed by atoms with Gasteiger partial charge in [0.15, 0.2) is 11.5 Å². The molecule has 1 aliphatic rings. The van der Waals surface area contributed by atoms with Gasteiger partial charge in [-0.1, -0.05) is 20.3 Å². The van der Waals surface area contributed by atoms with Crippen LogP contribution in [0, 0.1) is 5.92 Å². The summed E-state index contributed by atoms with van der Waals surface area (Å²) in [6.07, 6.45) is 4.22. The van der Waals surface area contributed by atoms with Gasteiger partial charge >= 0.3 is 0 Å². The van der Waals surface area contributed by atoms with E-state index in [1.54, 1.807) is 13.2 Å². The Morgan fingerprint density at radius 2 is 2.00 bits per heavy atom. The zero-order valence-electron chi connectivity index (χ0n) is 15.8. The second-order valence-corrected chi connectivity index (χ2v) is 6.61. The van der Waals surface area contributed by atoms with E-state index in [0.717, 1.165) is 51.9 Å². The van der Waals surface area contributed by atoms with Crippen molar-refractivity contribution in [2.24, 2.45) is 5.92 Å². The number of likely N-dealkylation sites (tertiary alicyclic amines) is 1. The minimum Gasteiger partial charge on any atom is -0.493 e. The van der Waals surface area contributed by atoms with E-state index in [0.29, 0.717) is 29.6 Å². The number of hydrogen-bond donors (Lipinski definition) is 1. The Bertz CT molecular complexity index is 540. The first kappa shape index (κ1) is 19.6. The fourth-order valence-corrected chi connectivity index (χ4v) is 3.12. The van der Waals surface area contributed by atoms with Gasteiger partial charge in [0.2, 0.25) is 0 Å². The van der Waals surface area contributed by atoms with E-state index >= 15 is 0 Å². The predicted molar refractivity (Wildman–Crippen MR) is 101 cm³/mol. The van der Waals surface area contributed by atoms with E-state index in [9.17, 15) is 4.79 Å². The highest BCUT2D eigenvalue weighted by Crippen LogP contribution is 2.29. The van der Waals surface area contributed by atoms with Crippen LogP contribution in [0.4, 0.5) is 0 Å². The Morgan fingerprint density at radius 1 is 1.24 bits per heavy atom. The number of ether oxygens (including phenoxy) is 2. The summed E-state index contributed by atoms with van der Waals surface area (Å²) in [5, 5.41) is 3.40. The van der Waals surface area contributed by atoms with Crippen LogP contribution in [0.15, 0.2) is 18.2 Å². The minimum absolute atomic E-state index is 0.0836. The Balaban J connectivity index is 1.95. The van der Waals surface area contributed by atoms with Crippen molar-refractivity contribution in [1.29, 1.82) is 0 Å². The lowest BCUT2D eigenvalue weighted by atomic mass is 9.96. The maximum atomic E-state index is 12.8. The van der Waals surface area contributed by atoms with Crippen molar-refractivity contribution in [3.05, 3.63) is 23.8 Å². The number of methoxy groups -OCH3 is 1. The van der Waals surface area contributed by atoms with Crippen LogP contribution in [-0.2, 0) is 0 Å². The molecule has 1 N–H and O–H groups in total. The van der Waals surface area contributed by atoms with Crippen LogP contribution < -0.4 is 14.8 Å². The second kappa shape index (κ2) is 10.3. The summed E-state index contributed by atoms with van der Waals surface area (Å²) in [6, 6.07) is 5.49. The SMILES string of the molecule is CCCCOc1ccc(C(=O)N2CCC(CNCC)CC2)cc1OC. The van der Waals surface area contributed by atoms with Crippen LogP contribution in [0.25, 0.3) is 0 Å². The first-order valence-corrected chi connectivity index (χ1v) is 9.50. The standard InChI is InChI=1S/C20H32N2O3/c1-4-6-13-25-18-8-7-17(14-19(18)24-3)20(23)22-11-9-16(10-12-22)15-21-5-2/h7-8,14,16,21H,4-6,9-13,15H2,1-3H3. The second-order valence-electron chi connectivity index (χ2n) is 6.61. The molecular weight excluding hydrogens is 316 g/mol. The summed E-state index contributed by atoms with van der Waals surface area (Å²) in [7, 11) is 1.61. The average Bonchev–Trinajstić information content (AvgIpc) is 2.66. The third-order valence-corrected chi connectivity index (χ3v) is 4.75. The van der Waals surface area contributed by atoms with Crippen LogP contribution in [0.1, 0.15) is 49.9 Å². The summed E-state index contributed by atoms with van der Waals surface area (Å²) in [6.45, 7) is 8.63. The van der Waals surface area contributed by atoms with E-state index in [1.165, 1.54) is 0 Å². The van der Waals surface area contributed by atoms with Gasteiger partial charge in [0.25, 0.3) is 5.91 Å². The van der Waals surface area contributed by atoms with E-state index in [-0.39, 0.29) is 5.91 Å². The minimum atomic E-state index is 0.0836. The number of hydrogen-bond acceptors (Lipinski definition) is 4. The molecule has 0 atom stereocenters. The summed E-state index contributed by atoms with van der Waals surface area (Å²) in [5.74, 6) is 2.09. The van der Waals surface area contributed by atoms with Crippen LogP contribution in [0.5, 0.6) is 11.5 Å². The van der Waals surface area contributed by atoms with Gasteiger partial charge in [0, 0.05) is 18.7 Å². The Kier molecular flexibility index (Phi) is 8.06. The van der Waals surface area contributed by atoms with Crippen LogP contribution in [-0.4, -0.2) is 50.7 Å². The number of carbonyl (C=O) groups excluding carboxylic acids is 1. The van der Waals surface area contributed by atoms with Crippen molar-refractivity contribution in [2.45, 2.75) is 39.5 Å². The van der Waals surface area contributed by atoms with E-state index in [2.05, 4.69) is 19.2 Å². The zero-order valence-corrected chi connectivity index (χ0v) is 15.8. The van der Waals surface area contributed by atoms with Gasteiger partial charge in [-0.2, -0.15) is 0 Å². The molecule has 0 bridgehead atoms. The molecule has 0 saturated carbocycles. The quantitative estimate of drug-likeness (QED) is 0.696. The topological polar surface area (TPSA) is 50.8 Å². The number of nitrogens with one attached hydrogen (secondary N) is 1. The highest BCUT2D eigenvalue weighted by molar-refractivity contribution is 5.95. The van der Waals surface area contributed by atoms with E-state index < -0.39 is 0 Å². The van der Waals surface area contributed by atoms with Crippen molar-refractivity contribution < 1.29 is 14.3 Å². The fraction of sp³-hybridized carbons (Fsp3) is 0.650. The molecule has 2 rings (SSSR count). The highest BCUT2D eigenvalue weighted by Gasteiger charge is 2.24. The van der Waals surface area contributed by atoms with Gasteiger partial charge < -0.3 is 19.7 Å². The first-order valence-electron chi connectivity index (χ1n) is 9.50. The molecule has 1 saturated heterocycles. The number of benzene rings is 1. The van der Waals surface area contributed by atoms with E-state index in [1.807, 2.05) is 17.0 Å². The number of rotatable bonds is 9. The van der Waals surface area contributed by atoms with Crippen molar-refractivity contribution in [3.63, 3.8) is 0 Å². The molecule has 0 aromatic heterocycles. The maximum Gasteiger partial charge on any atom is 0.253 e. The molecule has 1 aromatic rings. The molecule has 1 heterocycles. The normalized spacial score (nSPS) is 15.2. The van der Waals surface area contributed by atoms with Gasteiger partial charge in [-0.15, -0.1) is 0 Å². The highest BCUT2D eigenvalue weighted by atomic mass is 16.5. The molecule has 1 fully saturated rings. The maximum absolute atomic E-state index is 12.8. The lowest BCUT2D eigenvalue weighted by Crippen LogP contribution is -2.40. The smallest absolute Gasteiger partial charge is 0.253 e. The van der Waals surface area contributed by atoms with Crippen molar-refractivity contribution >= 4 is 5.91 Å². The third kappa shape index (κ3) is 5.63. The first-order chi connectivity index (χ1) is 12.2. The van der Waals surface area contributed by atoms with Crippen molar-refractivity contribution in [1.82, 2.24) is 10.2 Å². The molecule has 5 heteroatoms. The summed E-state index contributed by atoms with van der Waals surface area (Å²) in [4.78, 5) is 14.7. The van der Waals surface area contributed by atoms with Gasteiger partial charge in [-0.05, 0) is 56.5 Å². The molecule has 0 radical (unpaired) electrons. The molecule has 0 spiro atoms. The lowest BCUT2D eigenvalue weighted by molar-refractivity contribution is 0.0690. The molecule has 0 aliphatic carbocycles. The van der Waals surface area contributed by atoms with Crippen molar-refractivity contribution in [2.75, 3.05) is 39.9 Å². The van der Waals surface area contributed by atoms with Crippen LogP contribution in [0.3, 0.4) is 0 Å². The monoisotopic (exact) mass is 348 g/mol. The zero-order chi connectivity index (χ0) is 18.1. The summed E-state index contributed by atoms with van der Waals surface area (Å²) < 4.78 is 11.2. The van der Waals surface area contributed by atoms with Crippen LogP contribution in [0.2, 0.25) is 0 Å². The Morgan fingerprint density at radius 3 is 2.64 bits per heavy atom. The van der Waals surface area contributed by atoms with Gasteiger partial charge in [-0.25, -0.2) is 0 Å². The Hall–Kier alpha value is -1.75. The largest absolute Gasteiger partial charge is 0.493 e. The molecule has 140 valence electrons. The van der Waals surface area contributed by atoms with Crippen molar-refractivity contribution in [3.8, 4) is 11.5 Å². The number of nitrogens with zero attached hydrogens (tertiary/aromatic N) is 1. The molecule has 1 aliphatic heterocycles. The number of piperidine rings is 1. The van der Waals surface area contributed by atoms with Crippen LogP contribution >= 0.6 is 0 Å². The fourth-order valence-electron chi connectivity index (χ4n) is 3.12. The molecule has 1 amide bonds. The molecule has 1 aromatic carbocycles. The molecule has 5 nitrogen and oxygen atoms in total. The van der Waals surface area contributed by atoms with Gasteiger partial charge in [0.1, 0.15) is 0 Å². The molecular formula is C20H32N2O3. The Labute approximate surface area is 151 Å².